The molecule has 1 saturated carbocycles. The first-order valence-corrected chi connectivity index (χ1v) is 12.4. The lowest BCUT2D eigenvalue weighted by molar-refractivity contribution is -0.126. The Balaban J connectivity index is 1.67. The summed E-state index contributed by atoms with van der Waals surface area (Å²) in [6.45, 7) is 8.17. The molecule has 1 aromatic heterocycles. The Labute approximate surface area is 193 Å². The maximum Gasteiger partial charge on any atom is 0.137 e. The van der Waals surface area contributed by atoms with Gasteiger partial charge in [-0.1, -0.05) is 51.1 Å². The maximum atomic E-state index is 13.2. The lowest BCUT2D eigenvalue weighted by Gasteiger charge is -2.45. The number of thiol groups is 1. The summed E-state index contributed by atoms with van der Waals surface area (Å²) < 4.78 is 1.92. The normalized spacial score (nSPS) is 23.9. The number of hydrogen-bond donors (Lipinski definition) is 2. The fraction of sp³-hybridized carbons (Fsp3) is 0.615. The van der Waals surface area contributed by atoms with Crippen molar-refractivity contribution in [3.8, 4) is 11.3 Å². The number of aromatic nitrogens is 2. The number of benzene rings is 1. The van der Waals surface area contributed by atoms with E-state index < -0.39 is 0 Å². The van der Waals surface area contributed by atoms with Crippen molar-refractivity contribution in [3.63, 3.8) is 0 Å². The molecule has 0 saturated heterocycles. The first kappa shape index (κ1) is 24.1. The summed E-state index contributed by atoms with van der Waals surface area (Å²) in [5.41, 5.74) is 9.05. The third-order valence-corrected chi connectivity index (χ3v) is 8.08. The maximum absolute atomic E-state index is 13.2. The van der Waals surface area contributed by atoms with Gasteiger partial charge in [0.2, 0.25) is 0 Å². The van der Waals surface area contributed by atoms with Crippen molar-refractivity contribution in [1.29, 1.82) is 0 Å². The first-order chi connectivity index (χ1) is 14.8. The lowest BCUT2D eigenvalue weighted by Crippen LogP contribution is -2.46. The van der Waals surface area contributed by atoms with Crippen molar-refractivity contribution in [2.75, 3.05) is 6.54 Å². The topological polar surface area (TPSA) is 60.9 Å². The van der Waals surface area contributed by atoms with E-state index in [1.165, 1.54) is 12.1 Å². The molecule has 0 amide bonds. The number of rotatable bonds is 10. The van der Waals surface area contributed by atoms with Crippen LogP contribution in [0.1, 0.15) is 65.0 Å². The molecule has 170 valence electrons. The molecule has 0 bridgehead atoms. The van der Waals surface area contributed by atoms with Gasteiger partial charge in [-0.2, -0.15) is 17.7 Å². The van der Waals surface area contributed by atoms with E-state index in [1.807, 2.05) is 18.2 Å². The van der Waals surface area contributed by atoms with Crippen LogP contribution in [0, 0.1) is 17.8 Å². The zero-order valence-electron chi connectivity index (χ0n) is 19.4. The van der Waals surface area contributed by atoms with Crippen LogP contribution < -0.4 is 5.73 Å². The van der Waals surface area contributed by atoms with Gasteiger partial charge < -0.3 is 5.73 Å². The van der Waals surface area contributed by atoms with Gasteiger partial charge in [-0.15, -0.1) is 0 Å². The molecule has 0 radical (unpaired) electrons. The van der Waals surface area contributed by atoms with Gasteiger partial charge in [-0.3, -0.25) is 9.48 Å². The molecule has 1 fully saturated rings. The number of carbonyl (C=O) groups is 1. The summed E-state index contributed by atoms with van der Waals surface area (Å²) >= 11 is 5.06. The number of carbonyl (C=O) groups excluding carboxylic acids is 1. The van der Waals surface area contributed by atoms with Crippen LogP contribution >= 0.6 is 12.6 Å². The Morgan fingerprint density at radius 2 is 2.03 bits per heavy atom. The van der Waals surface area contributed by atoms with Gasteiger partial charge in [0.1, 0.15) is 5.78 Å². The standard InChI is InChI=1S/C26H39N3OS/c1-19(2)26(31)14-13-20(3)17-23(26)25(30)12-7-11-22-18-24(21-9-5-4-6-10-21)28-29(22)16-8-15-27/h4-6,9-10,18-20,23,31H,7-8,11-17,27H2,1-3H3/t20-,23+,26+/m1/s1. The largest absolute Gasteiger partial charge is 0.330 e. The molecule has 3 rings (SSSR count). The quantitative estimate of drug-likeness (QED) is 0.475. The number of hydrogen-bond acceptors (Lipinski definition) is 4. The molecule has 3 atom stereocenters. The van der Waals surface area contributed by atoms with E-state index in [-0.39, 0.29) is 10.7 Å². The molecule has 1 aliphatic carbocycles. The third kappa shape index (κ3) is 5.81. The number of nitrogens with two attached hydrogens (primary N) is 1. The van der Waals surface area contributed by atoms with E-state index in [4.69, 9.17) is 23.5 Å². The van der Waals surface area contributed by atoms with Gasteiger partial charge >= 0.3 is 0 Å². The zero-order valence-corrected chi connectivity index (χ0v) is 20.3. The van der Waals surface area contributed by atoms with Crippen LogP contribution in [0.4, 0.5) is 0 Å². The van der Waals surface area contributed by atoms with Crippen molar-refractivity contribution in [3.05, 3.63) is 42.1 Å². The van der Waals surface area contributed by atoms with E-state index in [0.29, 0.717) is 30.6 Å². The molecule has 0 aliphatic heterocycles. The highest BCUT2D eigenvalue weighted by Gasteiger charge is 2.45. The van der Waals surface area contributed by atoms with Crippen LogP contribution in [-0.4, -0.2) is 26.9 Å². The molecule has 1 heterocycles. The van der Waals surface area contributed by atoms with Gasteiger partial charge in [0, 0.05) is 34.9 Å². The van der Waals surface area contributed by atoms with Crippen LogP contribution in [0.3, 0.4) is 0 Å². The predicted molar refractivity (Wildman–Crippen MR) is 132 cm³/mol. The van der Waals surface area contributed by atoms with E-state index in [0.717, 1.165) is 49.9 Å². The van der Waals surface area contributed by atoms with Gasteiger partial charge in [-0.25, -0.2) is 0 Å². The van der Waals surface area contributed by atoms with E-state index >= 15 is 0 Å². The van der Waals surface area contributed by atoms with Crippen molar-refractivity contribution in [2.24, 2.45) is 23.5 Å². The molecule has 0 spiro atoms. The fourth-order valence-corrected chi connectivity index (χ4v) is 5.32. The minimum absolute atomic E-state index is 0.0709. The van der Waals surface area contributed by atoms with Crippen molar-refractivity contribution in [1.82, 2.24) is 9.78 Å². The van der Waals surface area contributed by atoms with Gasteiger partial charge in [-0.05, 0) is 63.0 Å². The molecule has 2 aromatic rings. The molecular formula is C26H39N3OS. The fourth-order valence-electron chi connectivity index (χ4n) is 4.94. The zero-order chi connectivity index (χ0) is 22.4. The predicted octanol–water partition coefficient (Wildman–Crippen LogP) is 5.55. The van der Waals surface area contributed by atoms with Crippen LogP contribution in [0.25, 0.3) is 11.3 Å². The lowest BCUT2D eigenvalue weighted by atomic mass is 9.67. The van der Waals surface area contributed by atoms with Crippen molar-refractivity contribution in [2.45, 2.75) is 77.0 Å². The van der Waals surface area contributed by atoms with E-state index in [9.17, 15) is 4.79 Å². The van der Waals surface area contributed by atoms with E-state index in [1.54, 1.807) is 0 Å². The first-order valence-electron chi connectivity index (χ1n) is 11.9. The van der Waals surface area contributed by atoms with Crippen LogP contribution in [-0.2, 0) is 17.8 Å². The Morgan fingerprint density at radius 1 is 1.29 bits per heavy atom. The van der Waals surface area contributed by atoms with Crippen LogP contribution in [0.5, 0.6) is 0 Å². The minimum Gasteiger partial charge on any atom is -0.330 e. The van der Waals surface area contributed by atoms with Crippen LogP contribution in [0.15, 0.2) is 36.4 Å². The van der Waals surface area contributed by atoms with Crippen LogP contribution in [0.2, 0.25) is 0 Å². The summed E-state index contributed by atoms with van der Waals surface area (Å²) in [6, 6.07) is 12.4. The second-order valence-corrected chi connectivity index (χ2v) is 10.5. The average Bonchev–Trinajstić information content (AvgIpc) is 3.17. The minimum atomic E-state index is -0.160. The molecule has 0 unspecified atom stereocenters. The van der Waals surface area contributed by atoms with Gasteiger partial charge in [0.25, 0.3) is 0 Å². The Hall–Kier alpha value is -1.59. The second kappa shape index (κ2) is 10.8. The highest BCUT2D eigenvalue weighted by Crippen LogP contribution is 2.46. The number of ketones is 1. The highest BCUT2D eigenvalue weighted by molar-refractivity contribution is 7.81. The summed E-state index contributed by atoms with van der Waals surface area (Å²) in [4.78, 5) is 13.2. The number of Topliss-reactive ketones (excluding diaryl/α,β-unsaturated/α-hetero) is 1. The summed E-state index contributed by atoms with van der Waals surface area (Å²) in [5.74, 6) is 1.48. The molecule has 1 aromatic carbocycles. The SMILES string of the molecule is CC(C)[C@@]1(S)CC[C@@H](C)C[C@H]1C(=O)CCCc1cc(-c2ccccc2)nn1CCCN. The molecule has 31 heavy (non-hydrogen) atoms. The van der Waals surface area contributed by atoms with Gasteiger partial charge in [0.05, 0.1) is 5.69 Å². The summed E-state index contributed by atoms with van der Waals surface area (Å²) in [5, 5.41) is 4.83. The molecule has 2 N–H and O–H groups in total. The van der Waals surface area contributed by atoms with Crippen molar-refractivity contribution >= 4 is 18.4 Å². The smallest absolute Gasteiger partial charge is 0.137 e. The average molecular weight is 442 g/mol. The monoisotopic (exact) mass is 441 g/mol. The molecular weight excluding hydrogens is 402 g/mol. The number of nitrogens with zero attached hydrogens (tertiary/aromatic N) is 2. The third-order valence-electron chi connectivity index (χ3n) is 7.03. The molecule has 4 nitrogen and oxygen atoms in total. The van der Waals surface area contributed by atoms with Gasteiger partial charge in [0.15, 0.2) is 0 Å². The Bertz CT molecular complexity index is 848. The Kier molecular flexibility index (Phi) is 8.40. The Morgan fingerprint density at radius 3 is 2.71 bits per heavy atom. The van der Waals surface area contributed by atoms with E-state index in [2.05, 4.69) is 43.7 Å². The second-order valence-electron chi connectivity index (χ2n) is 9.65. The molecule has 5 heteroatoms. The summed E-state index contributed by atoms with van der Waals surface area (Å²) in [7, 11) is 0. The highest BCUT2D eigenvalue weighted by atomic mass is 32.1. The number of aryl methyl sites for hydroxylation is 2. The molecule has 1 aliphatic rings. The van der Waals surface area contributed by atoms with Crippen molar-refractivity contribution < 1.29 is 4.79 Å². The summed E-state index contributed by atoms with van der Waals surface area (Å²) in [6.07, 6.45) is 6.43.